The SMILES string of the molecule is COC(=O)c1ccc(Cn2cc(-c3ccc(Cl)cc3Cl)nc2C=Cc2ccc(-c3cccc(C(=O)OC)c3)cc2)cc1. The van der Waals surface area contributed by atoms with Crippen molar-refractivity contribution in [2.24, 2.45) is 0 Å². The largest absolute Gasteiger partial charge is 0.465 e. The summed E-state index contributed by atoms with van der Waals surface area (Å²) < 4.78 is 11.7. The molecule has 0 fully saturated rings. The molecule has 0 amide bonds. The minimum Gasteiger partial charge on any atom is -0.465 e. The van der Waals surface area contributed by atoms with Crippen molar-refractivity contribution < 1.29 is 19.1 Å². The van der Waals surface area contributed by atoms with Crippen LogP contribution in [-0.2, 0) is 16.0 Å². The Balaban J connectivity index is 1.43. The van der Waals surface area contributed by atoms with Crippen molar-refractivity contribution in [3.8, 4) is 22.4 Å². The zero-order chi connectivity index (χ0) is 29.6. The lowest BCUT2D eigenvalue weighted by Gasteiger charge is -2.07. The van der Waals surface area contributed by atoms with Gasteiger partial charge in [0, 0.05) is 23.3 Å². The number of methoxy groups -OCH3 is 2. The number of aromatic nitrogens is 2. The second-order valence-electron chi connectivity index (χ2n) is 9.45. The van der Waals surface area contributed by atoms with E-state index in [1.54, 1.807) is 30.3 Å². The topological polar surface area (TPSA) is 70.4 Å². The lowest BCUT2D eigenvalue weighted by Crippen LogP contribution is -2.03. The van der Waals surface area contributed by atoms with Gasteiger partial charge in [0.15, 0.2) is 0 Å². The smallest absolute Gasteiger partial charge is 0.337 e. The van der Waals surface area contributed by atoms with E-state index in [1.165, 1.54) is 14.2 Å². The standard InChI is InChI=1S/C34H26Cl2N2O4/c1-41-33(39)25-13-8-23(9-14-25)20-38-21-31(29-16-15-28(35)19-30(29)36)37-32(38)17-10-22-6-11-24(12-7-22)26-4-3-5-27(18-26)34(40)42-2/h3-19,21H,20H2,1-2H3. The lowest BCUT2D eigenvalue weighted by molar-refractivity contribution is 0.0592. The first-order chi connectivity index (χ1) is 20.3. The van der Waals surface area contributed by atoms with E-state index in [9.17, 15) is 9.59 Å². The van der Waals surface area contributed by atoms with Crippen molar-refractivity contribution in [3.63, 3.8) is 0 Å². The number of rotatable bonds is 8. The third kappa shape index (κ3) is 6.62. The van der Waals surface area contributed by atoms with Crippen LogP contribution >= 0.6 is 23.2 Å². The van der Waals surface area contributed by atoms with Gasteiger partial charge in [0.05, 0.1) is 36.1 Å². The molecule has 4 aromatic carbocycles. The van der Waals surface area contributed by atoms with Crippen molar-refractivity contribution >= 4 is 47.3 Å². The molecule has 0 atom stereocenters. The summed E-state index contributed by atoms with van der Waals surface area (Å²) in [5, 5.41) is 1.06. The molecule has 5 rings (SSSR count). The highest BCUT2D eigenvalue weighted by atomic mass is 35.5. The summed E-state index contributed by atoms with van der Waals surface area (Å²) in [6.07, 6.45) is 5.88. The summed E-state index contributed by atoms with van der Waals surface area (Å²) in [6, 6.07) is 28.0. The van der Waals surface area contributed by atoms with Crippen LogP contribution < -0.4 is 0 Å². The zero-order valence-corrected chi connectivity index (χ0v) is 24.4. The van der Waals surface area contributed by atoms with Crippen LogP contribution in [0.25, 0.3) is 34.5 Å². The fourth-order valence-corrected chi connectivity index (χ4v) is 4.98. The Morgan fingerprint density at radius 1 is 0.786 bits per heavy atom. The first kappa shape index (κ1) is 28.9. The molecule has 0 spiro atoms. The maximum atomic E-state index is 11.9. The highest BCUT2D eigenvalue weighted by molar-refractivity contribution is 6.36. The van der Waals surface area contributed by atoms with E-state index in [2.05, 4.69) is 0 Å². The van der Waals surface area contributed by atoms with Gasteiger partial charge in [0.1, 0.15) is 5.82 Å². The number of carbonyl (C=O) groups excluding carboxylic acids is 2. The molecule has 8 heteroatoms. The number of nitrogens with zero attached hydrogens (tertiary/aromatic N) is 2. The number of ether oxygens (including phenoxy) is 2. The number of benzene rings is 4. The number of imidazole rings is 1. The summed E-state index contributed by atoms with van der Waals surface area (Å²) in [6.45, 7) is 0.523. The molecule has 210 valence electrons. The van der Waals surface area contributed by atoms with Gasteiger partial charge >= 0.3 is 11.9 Å². The predicted molar refractivity (Wildman–Crippen MR) is 167 cm³/mol. The summed E-state index contributed by atoms with van der Waals surface area (Å²) in [5.74, 6) is -0.0249. The number of hydrogen-bond acceptors (Lipinski definition) is 5. The molecule has 1 aromatic heterocycles. The molecule has 0 aliphatic heterocycles. The van der Waals surface area contributed by atoms with Crippen molar-refractivity contribution in [1.29, 1.82) is 0 Å². The number of carbonyl (C=O) groups is 2. The number of esters is 2. The quantitative estimate of drug-likeness (QED) is 0.168. The first-order valence-corrected chi connectivity index (χ1v) is 13.8. The summed E-state index contributed by atoms with van der Waals surface area (Å²) >= 11 is 12.6. The number of halogens is 2. The molecule has 0 saturated carbocycles. The van der Waals surface area contributed by atoms with Crippen LogP contribution in [0.5, 0.6) is 0 Å². The second kappa shape index (κ2) is 12.9. The molecule has 0 N–H and O–H groups in total. The van der Waals surface area contributed by atoms with Gasteiger partial charge in [-0.05, 0) is 70.8 Å². The van der Waals surface area contributed by atoms with Gasteiger partial charge in [0.25, 0.3) is 0 Å². The van der Waals surface area contributed by atoms with E-state index < -0.39 is 0 Å². The van der Waals surface area contributed by atoms with Crippen LogP contribution in [0.3, 0.4) is 0 Å². The maximum absolute atomic E-state index is 11.9. The molecule has 5 aromatic rings. The Kier molecular flexibility index (Phi) is 8.86. The Hall–Kier alpha value is -4.65. The van der Waals surface area contributed by atoms with Gasteiger partial charge in [-0.2, -0.15) is 0 Å². The Morgan fingerprint density at radius 3 is 2.19 bits per heavy atom. The van der Waals surface area contributed by atoms with Crippen LogP contribution in [0.2, 0.25) is 10.0 Å². The van der Waals surface area contributed by atoms with Crippen molar-refractivity contribution in [2.45, 2.75) is 6.54 Å². The normalized spacial score (nSPS) is 11.0. The second-order valence-corrected chi connectivity index (χ2v) is 10.3. The van der Waals surface area contributed by atoms with Crippen LogP contribution in [0, 0.1) is 0 Å². The summed E-state index contributed by atoms with van der Waals surface area (Å²) in [5.41, 5.74) is 6.34. The van der Waals surface area contributed by atoms with Gasteiger partial charge < -0.3 is 14.0 Å². The van der Waals surface area contributed by atoms with Crippen LogP contribution in [0.15, 0.2) is 97.2 Å². The van der Waals surface area contributed by atoms with E-state index in [4.69, 9.17) is 37.7 Å². The molecular formula is C34H26Cl2N2O4. The first-order valence-electron chi connectivity index (χ1n) is 13.0. The van der Waals surface area contributed by atoms with Gasteiger partial charge in [-0.25, -0.2) is 14.6 Å². The fraction of sp³-hybridized carbons (Fsp3) is 0.0882. The van der Waals surface area contributed by atoms with E-state index in [0.29, 0.717) is 33.4 Å². The van der Waals surface area contributed by atoms with Crippen LogP contribution in [-0.4, -0.2) is 35.7 Å². The maximum Gasteiger partial charge on any atom is 0.337 e. The van der Waals surface area contributed by atoms with Crippen molar-refractivity contribution in [2.75, 3.05) is 14.2 Å². The monoisotopic (exact) mass is 596 g/mol. The molecule has 0 saturated heterocycles. The van der Waals surface area contributed by atoms with Crippen molar-refractivity contribution in [3.05, 3.63) is 135 Å². The molecule has 0 aliphatic carbocycles. The molecule has 0 unspecified atom stereocenters. The third-order valence-electron chi connectivity index (χ3n) is 6.69. The van der Waals surface area contributed by atoms with Gasteiger partial charge in [-0.3, -0.25) is 0 Å². The highest BCUT2D eigenvalue weighted by Crippen LogP contribution is 2.30. The van der Waals surface area contributed by atoms with Gasteiger partial charge in [-0.1, -0.05) is 77.8 Å². The Bertz CT molecular complexity index is 1770. The Morgan fingerprint density at radius 2 is 1.50 bits per heavy atom. The third-order valence-corrected chi connectivity index (χ3v) is 7.24. The van der Waals surface area contributed by atoms with Crippen LogP contribution in [0.1, 0.15) is 37.7 Å². The fourth-order valence-electron chi connectivity index (χ4n) is 4.48. The van der Waals surface area contributed by atoms with Gasteiger partial charge in [0.2, 0.25) is 0 Å². The van der Waals surface area contributed by atoms with E-state index in [1.807, 2.05) is 83.6 Å². The average molecular weight is 597 g/mol. The van der Waals surface area contributed by atoms with E-state index >= 15 is 0 Å². The van der Waals surface area contributed by atoms with Crippen LogP contribution in [0.4, 0.5) is 0 Å². The molecular weight excluding hydrogens is 571 g/mol. The highest BCUT2D eigenvalue weighted by Gasteiger charge is 2.13. The summed E-state index contributed by atoms with van der Waals surface area (Å²) in [7, 11) is 2.73. The van der Waals surface area contributed by atoms with Crippen molar-refractivity contribution in [1.82, 2.24) is 9.55 Å². The molecule has 0 aliphatic rings. The van der Waals surface area contributed by atoms with Gasteiger partial charge in [-0.15, -0.1) is 0 Å². The van der Waals surface area contributed by atoms with E-state index in [-0.39, 0.29) is 11.9 Å². The minimum absolute atomic E-state index is 0.370. The molecule has 1 heterocycles. The zero-order valence-electron chi connectivity index (χ0n) is 22.9. The minimum atomic E-state index is -0.380. The lowest BCUT2D eigenvalue weighted by atomic mass is 10.0. The molecule has 6 nitrogen and oxygen atoms in total. The molecule has 0 radical (unpaired) electrons. The van der Waals surface area contributed by atoms with E-state index in [0.717, 1.165) is 33.6 Å². The molecule has 42 heavy (non-hydrogen) atoms. The molecule has 0 bridgehead atoms. The number of hydrogen-bond donors (Lipinski definition) is 0. The summed E-state index contributed by atoms with van der Waals surface area (Å²) in [4.78, 5) is 28.6. The predicted octanol–water partition coefficient (Wildman–Crippen LogP) is 8.32. The Labute approximate surface area is 253 Å². The average Bonchev–Trinajstić information content (AvgIpc) is 3.41.